The molecule has 136 valence electrons. The first kappa shape index (κ1) is 20.0. The van der Waals surface area contributed by atoms with Crippen molar-refractivity contribution in [2.24, 2.45) is 0 Å². The predicted octanol–water partition coefficient (Wildman–Crippen LogP) is 4.45. The lowest BCUT2D eigenvalue weighted by Crippen LogP contribution is -2.30. The van der Waals surface area contributed by atoms with Crippen molar-refractivity contribution in [3.05, 3.63) is 58.6 Å². The monoisotopic (exact) mass is 391 g/mol. The average Bonchev–Trinajstić information content (AvgIpc) is 2.62. The van der Waals surface area contributed by atoms with Crippen LogP contribution in [0.1, 0.15) is 34.6 Å². The van der Waals surface area contributed by atoms with E-state index in [1.165, 1.54) is 25.6 Å². The molecule has 5 nitrogen and oxygen atoms in total. The molecule has 7 heteroatoms. The van der Waals surface area contributed by atoms with Gasteiger partial charge in [-0.3, -0.25) is 9.59 Å². The number of benzene rings is 2. The van der Waals surface area contributed by atoms with Gasteiger partial charge in [-0.2, -0.15) is 0 Å². The maximum absolute atomic E-state index is 12.3. The molecule has 26 heavy (non-hydrogen) atoms. The maximum Gasteiger partial charge on any atom is 0.340 e. The number of esters is 1. The smallest absolute Gasteiger partial charge is 0.340 e. The molecule has 0 aliphatic carbocycles. The zero-order valence-corrected chi connectivity index (χ0v) is 16.1. The van der Waals surface area contributed by atoms with Crippen LogP contribution < -0.4 is 5.32 Å². The molecule has 0 radical (unpaired) electrons. The number of nitrogens with one attached hydrogen (secondary N) is 1. The van der Waals surface area contributed by atoms with Crippen LogP contribution in [0.3, 0.4) is 0 Å². The SMILES string of the molecule is CSc1ccc(Cl)c(C(=O)O[C@H](C)C(=O)Nc2cccc(C(C)=O)c2)c1. The molecule has 0 bridgehead atoms. The molecule has 0 saturated carbocycles. The van der Waals surface area contributed by atoms with E-state index in [4.69, 9.17) is 16.3 Å². The van der Waals surface area contributed by atoms with Gasteiger partial charge in [-0.1, -0.05) is 23.7 Å². The quantitative estimate of drug-likeness (QED) is 0.447. The molecule has 2 aromatic carbocycles. The fourth-order valence-corrected chi connectivity index (χ4v) is 2.76. The number of thioether (sulfide) groups is 1. The van der Waals surface area contributed by atoms with E-state index < -0.39 is 18.0 Å². The minimum Gasteiger partial charge on any atom is -0.449 e. The first-order chi connectivity index (χ1) is 12.3. The summed E-state index contributed by atoms with van der Waals surface area (Å²) in [5, 5.41) is 2.88. The Balaban J connectivity index is 2.06. The lowest BCUT2D eigenvalue weighted by Gasteiger charge is -2.14. The number of anilines is 1. The Hall–Kier alpha value is -2.31. The summed E-state index contributed by atoms with van der Waals surface area (Å²) in [5.74, 6) is -1.29. The molecule has 0 fully saturated rings. The summed E-state index contributed by atoms with van der Waals surface area (Å²) < 4.78 is 5.22. The number of halogens is 1. The number of hydrogen-bond acceptors (Lipinski definition) is 5. The summed E-state index contributed by atoms with van der Waals surface area (Å²) in [6.45, 7) is 2.91. The molecule has 0 aromatic heterocycles. The van der Waals surface area contributed by atoms with E-state index in [9.17, 15) is 14.4 Å². The van der Waals surface area contributed by atoms with E-state index in [-0.39, 0.29) is 16.4 Å². The molecular weight excluding hydrogens is 374 g/mol. The molecule has 2 rings (SSSR count). The maximum atomic E-state index is 12.3. The number of ketones is 1. The van der Waals surface area contributed by atoms with Gasteiger partial charge in [-0.25, -0.2) is 4.79 Å². The van der Waals surface area contributed by atoms with Crippen LogP contribution in [0.5, 0.6) is 0 Å². The Morgan fingerprint density at radius 1 is 1.15 bits per heavy atom. The van der Waals surface area contributed by atoms with E-state index >= 15 is 0 Å². The highest BCUT2D eigenvalue weighted by Gasteiger charge is 2.21. The second-order valence-corrected chi connectivity index (χ2v) is 6.81. The van der Waals surface area contributed by atoms with Crippen molar-refractivity contribution in [3.63, 3.8) is 0 Å². The van der Waals surface area contributed by atoms with Gasteiger partial charge in [0.25, 0.3) is 5.91 Å². The molecule has 2 aromatic rings. The Bertz CT molecular complexity index is 853. The number of rotatable bonds is 6. The van der Waals surface area contributed by atoms with Gasteiger partial charge in [0.1, 0.15) is 0 Å². The predicted molar refractivity (Wildman–Crippen MR) is 103 cm³/mol. The summed E-state index contributed by atoms with van der Waals surface area (Å²) >= 11 is 7.51. The fourth-order valence-electron chi connectivity index (χ4n) is 2.13. The highest BCUT2D eigenvalue weighted by atomic mass is 35.5. The number of amides is 1. The first-order valence-electron chi connectivity index (χ1n) is 7.78. The number of Topliss-reactive ketones (excluding diaryl/α,β-unsaturated/α-hetero) is 1. The molecule has 0 unspecified atom stereocenters. The zero-order chi connectivity index (χ0) is 19.3. The van der Waals surface area contributed by atoms with Gasteiger partial charge in [0.15, 0.2) is 11.9 Å². The van der Waals surface area contributed by atoms with Crippen LogP contribution >= 0.6 is 23.4 Å². The van der Waals surface area contributed by atoms with Gasteiger partial charge in [-0.15, -0.1) is 11.8 Å². The fraction of sp³-hybridized carbons (Fsp3) is 0.211. The second-order valence-electron chi connectivity index (χ2n) is 5.52. The number of carbonyl (C=O) groups is 3. The van der Waals surface area contributed by atoms with Crippen molar-refractivity contribution in [1.29, 1.82) is 0 Å². The van der Waals surface area contributed by atoms with Crippen molar-refractivity contribution in [2.75, 3.05) is 11.6 Å². The van der Waals surface area contributed by atoms with Crippen LogP contribution in [0.15, 0.2) is 47.4 Å². The third kappa shape index (κ3) is 5.09. The average molecular weight is 392 g/mol. The Morgan fingerprint density at radius 2 is 1.88 bits per heavy atom. The third-order valence-electron chi connectivity index (χ3n) is 3.58. The van der Waals surface area contributed by atoms with Gasteiger partial charge in [0.05, 0.1) is 10.6 Å². The number of ether oxygens (including phenoxy) is 1. The van der Waals surface area contributed by atoms with Crippen LogP contribution in [0, 0.1) is 0 Å². The summed E-state index contributed by atoms with van der Waals surface area (Å²) in [4.78, 5) is 36.8. The lowest BCUT2D eigenvalue weighted by atomic mass is 10.1. The Kier molecular flexibility index (Phi) is 6.83. The number of hydrogen-bond donors (Lipinski definition) is 1. The van der Waals surface area contributed by atoms with E-state index in [1.54, 1.807) is 42.5 Å². The van der Waals surface area contributed by atoms with Crippen molar-refractivity contribution in [3.8, 4) is 0 Å². The van der Waals surface area contributed by atoms with E-state index in [0.717, 1.165) is 4.90 Å². The standard InChI is InChI=1S/C19H18ClNO4S/c1-11(22)13-5-4-6-14(9-13)21-18(23)12(2)25-19(24)16-10-15(26-3)7-8-17(16)20/h4-10,12H,1-3H3,(H,21,23)/t12-/m1/s1. The van der Waals surface area contributed by atoms with Crippen LogP contribution in [-0.4, -0.2) is 30.0 Å². The third-order valence-corrected chi connectivity index (χ3v) is 4.64. The molecule has 0 aliphatic heterocycles. The highest BCUT2D eigenvalue weighted by molar-refractivity contribution is 7.98. The van der Waals surface area contributed by atoms with Crippen molar-refractivity contribution < 1.29 is 19.1 Å². The van der Waals surface area contributed by atoms with Crippen molar-refractivity contribution >= 4 is 46.7 Å². The lowest BCUT2D eigenvalue weighted by molar-refractivity contribution is -0.123. The molecule has 1 amide bonds. The van der Waals surface area contributed by atoms with Gasteiger partial charge in [0, 0.05) is 16.1 Å². The molecule has 0 spiro atoms. The van der Waals surface area contributed by atoms with E-state index in [0.29, 0.717) is 11.3 Å². The Labute approximate surface area is 161 Å². The van der Waals surface area contributed by atoms with Crippen LogP contribution in [-0.2, 0) is 9.53 Å². The first-order valence-corrected chi connectivity index (χ1v) is 9.38. The summed E-state index contributed by atoms with van der Waals surface area (Å²) in [5.41, 5.74) is 1.14. The zero-order valence-electron chi connectivity index (χ0n) is 14.5. The van der Waals surface area contributed by atoms with E-state index in [2.05, 4.69) is 5.32 Å². The van der Waals surface area contributed by atoms with Gasteiger partial charge >= 0.3 is 5.97 Å². The molecule has 1 atom stereocenters. The van der Waals surface area contributed by atoms with E-state index in [1.807, 2.05) is 6.26 Å². The van der Waals surface area contributed by atoms with Crippen molar-refractivity contribution in [2.45, 2.75) is 24.8 Å². The largest absolute Gasteiger partial charge is 0.449 e. The molecule has 0 saturated heterocycles. The van der Waals surface area contributed by atoms with Crippen LogP contribution in [0.25, 0.3) is 0 Å². The second kappa shape index (κ2) is 8.87. The molecule has 0 aliphatic rings. The highest BCUT2D eigenvalue weighted by Crippen LogP contribution is 2.24. The van der Waals surface area contributed by atoms with Crippen LogP contribution in [0.4, 0.5) is 5.69 Å². The summed E-state index contributed by atoms with van der Waals surface area (Å²) in [6, 6.07) is 11.6. The topological polar surface area (TPSA) is 72.5 Å². The molecular formula is C19H18ClNO4S. The molecule has 1 N–H and O–H groups in total. The minimum absolute atomic E-state index is 0.108. The minimum atomic E-state index is -1.03. The van der Waals surface area contributed by atoms with Crippen molar-refractivity contribution in [1.82, 2.24) is 0 Å². The van der Waals surface area contributed by atoms with Gasteiger partial charge in [0.2, 0.25) is 0 Å². The van der Waals surface area contributed by atoms with Crippen LogP contribution in [0.2, 0.25) is 5.02 Å². The summed E-state index contributed by atoms with van der Waals surface area (Å²) in [7, 11) is 0. The Morgan fingerprint density at radius 3 is 2.54 bits per heavy atom. The molecule has 0 heterocycles. The number of carbonyl (C=O) groups excluding carboxylic acids is 3. The normalized spacial score (nSPS) is 11.5. The van der Waals surface area contributed by atoms with Gasteiger partial charge in [-0.05, 0) is 50.4 Å². The summed E-state index contributed by atoms with van der Waals surface area (Å²) in [6.07, 6.45) is 0.848. The van der Waals surface area contributed by atoms with Gasteiger partial charge < -0.3 is 10.1 Å².